The van der Waals surface area contributed by atoms with Gasteiger partial charge in [-0.25, -0.2) is 0 Å². The zero-order valence-electron chi connectivity index (χ0n) is 16.9. The van der Waals surface area contributed by atoms with Gasteiger partial charge in [0.1, 0.15) is 5.75 Å². The summed E-state index contributed by atoms with van der Waals surface area (Å²) in [7, 11) is 4.65. The zero-order chi connectivity index (χ0) is 21.0. The topological polar surface area (TPSA) is 65.1 Å². The van der Waals surface area contributed by atoms with Crippen molar-refractivity contribution in [3.05, 3.63) is 58.5 Å². The predicted octanol–water partition coefficient (Wildman–Crippen LogP) is 3.75. The Kier molecular flexibility index (Phi) is 6.49. The predicted molar refractivity (Wildman–Crippen MR) is 113 cm³/mol. The molecule has 1 aliphatic heterocycles. The molecule has 0 fully saturated rings. The van der Waals surface area contributed by atoms with Gasteiger partial charge in [-0.15, -0.1) is 11.8 Å². The second-order valence-corrected chi connectivity index (χ2v) is 7.49. The molecule has 0 atom stereocenters. The lowest BCUT2D eigenvalue weighted by atomic mass is 10.1. The van der Waals surface area contributed by atoms with E-state index in [2.05, 4.69) is 0 Å². The lowest BCUT2D eigenvalue weighted by Gasteiger charge is -2.17. The van der Waals surface area contributed by atoms with Crippen molar-refractivity contribution in [3.63, 3.8) is 0 Å². The summed E-state index contributed by atoms with van der Waals surface area (Å²) < 4.78 is 16.0. The number of ether oxygens (including phenoxy) is 3. The summed E-state index contributed by atoms with van der Waals surface area (Å²) in [6, 6.07) is 12.6. The van der Waals surface area contributed by atoms with Gasteiger partial charge in [-0.3, -0.25) is 14.5 Å². The van der Waals surface area contributed by atoms with Gasteiger partial charge in [-0.1, -0.05) is 31.2 Å². The highest BCUT2D eigenvalue weighted by molar-refractivity contribution is 8.04. The van der Waals surface area contributed by atoms with Crippen LogP contribution in [0.1, 0.15) is 18.1 Å². The molecule has 0 N–H and O–H groups in total. The molecular formula is C22H23NO5S. The number of thioether (sulfide) groups is 1. The molecule has 2 aromatic rings. The number of amides is 2. The van der Waals surface area contributed by atoms with Crippen molar-refractivity contribution >= 4 is 29.1 Å². The summed E-state index contributed by atoms with van der Waals surface area (Å²) in [5.41, 5.74) is 1.78. The summed E-state index contributed by atoms with van der Waals surface area (Å²) in [6.45, 7) is 2.09. The van der Waals surface area contributed by atoms with Gasteiger partial charge in [0.2, 0.25) is 0 Å². The average molecular weight is 413 g/mol. The van der Waals surface area contributed by atoms with Crippen LogP contribution >= 0.6 is 11.8 Å². The largest absolute Gasteiger partial charge is 0.496 e. The van der Waals surface area contributed by atoms with Crippen molar-refractivity contribution < 1.29 is 23.8 Å². The number of imide groups is 1. The molecule has 1 heterocycles. The Labute approximate surface area is 174 Å². The Balaban J connectivity index is 2.01. The first-order valence-corrected chi connectivity index (χ1v) is 10.1. The van der Waals surface area contributed by atoms with Gasteiger partial charge in [-0.05, 0) is 29.5 Å². The number of nitrogens with zero attached hydrogens (tertiary/aromatic N) is 1. The van der Waals surface area contributed by atoms with E-state index < -0.39 is 0 Å². The first kappa shape index (κ1) is 20.8. The fraction of sp³-hybridized carbons (Fsp3) is 0.273. The quantitative estimate of drug-likeness (QED) is 0.614. The minimum absolute atomic E-state index is 0.145. The van der Waals surface area contributed by atoms with Gasteiger partial charge in [-0.2, -0.15) is 0 Å². The van der Waals surface area contributed by atoms with Crippen LogP contribution in [0, 0.1) is 0 Å². The number of carbonyl (C=O) groups excluding carboxylic acids is 2. The van der Waals surface area contributed by atoms with Crippen molar-refractivity contribution in [1.82, 2.24) is 4.90 Å². The second-order valence-electron chi connectivity index (χ2n) is 6.22. The smallest absolute Gasteiger partial charge is 0.268 e. The van der Waals surface area contributed by atoms with Crippen LogP contribution in [-0.4, -0.2) is 43.8 Å². The molecule has 7 heteroatoms. The van der Waals surface area contributed by atoms with Crippen LogP contribution in [0.15, 0.2) is 47.4 Å². The number of hydrogen-bond donors (Lipinski definition) is 0. The molecule has 0 radical (unpaired) electrons. The van der Waals surface area contributed by atoms with E-state index in [1.807, 2.05) is 31.2 Å². The molecule has 3 rings (SSSR count). The molecule has 0 saturated heterocycles. The summed E-state index contributed by atoms with van der Waals surface area (Å²) in [5.74, 6) is 1.75. The highest BCUT2D eigenvalue weighted by atomic mass is 32.2. The molecule has 29 heavy (non-hydrogen) atoms. The van der Waals surface area contributed by atoms with Gasteiger partial charge in [0, 0.05) is 5.56 Å². The molecule has 2 amide bonds. The van der Waals surface area contributed by atoms with Crippen LogP contribution < -0.4 is 14.2 Å². The maximum atomic E-state index is 13.3. The van der Waals surface area contributed by atoms with E-state index in [4.69, 9.17) is 14.2 Å². The lowest BCUT2D eigenvalue weighted by molar-refractivity contribution is -0.137. The third-order valence-electron chi connectivity index (χ3n) is 4.61. The van der Waals surface area contributed by atoms with Crippen molar-refractivity contribution in [2.24, 2.45) is 0 Å². The Morgan fingerprint density at radius 1 is 0.862 bits per heavy atom. The molecule has 152 valence electrons. The van der Waals surface area contributed by atoms with E-state index >= 15 is 0 Å². The number of para-hydroxylation sites is 1. The SMILES string of the molecule is CCSC1=C(c2ccc(OC)c(OC)c2)C(=O)N(Cc2ccccc2OC)C1=O. The van der Waals surface area contributed by atoms with E-state index in [0.717, 1.165) is 5.56 Å². The third-order valence-corrected chi connectivity index (χ3v) is 5.56. The second kappa shape index (κ2) is 9.05. The van der Waals surface area contributed by atoms with Crippen LogP contribution in [0.25, 0.3) is 5.57 Å². The molecule has 0 spiro atoms. The fourth-order valence-electron chi connectivity index (χ4n) is 3.23. The minimum Gasteiger partial charge on any atom is -0.496 e. The Morgan fingerprint density at radius 2 is 1.55 bits per heavy atom. The zero-order valence-corrected chi connectivity index (χ0v) is 17.7. The normalized spacial score (nSPS) is 13.9. The van der Waals surface area contributed by atoms with Gasteiger partial charge in [0.15, 0.2) is 11.5 Å². The summed E-state index contributed by atoms with van der Waals surface area (Å²) >= 11 is 1.37. The van der Waals surface area contributed by atoms with Crippen LogP contribution in [0.4, 0.5) is 0 Å². The third kappa shape index (κ3) is 3.96. The summed E-state index contributed by atoms with van der Waals surface area (Å²) in [4.78, 5) is 28.1. The Bertz CT molecular complexity index is 969. The molecule has 6 nitrogen and oxygen atoms in total. The van der Waals surface area contributed by atoms with Crippen molar-refractivity contribution in [2.75, 3.05) is 27.1 Å². The van der Waals surface area contributed by atoms with Crippen LogP contribution in [0.3, 0.4) is 0 Å². The number of methoxy groups -OCH3 is 3. The highest BCUT2D eigenvalue weighted by Crippen LogP contribution is 2.39. The van der Waals surface area contributed by atoms with E-state index in [-0.39, 0.29) is 18.4 Å². The van der Waals surface area contributed by atoms with Gasteiger partial charge >= 0.3 is 0 Å². The van der Waals surface area contributed by atoms with Crippen LogP contribution in [0.2, 0.25) is 0 Å². The molecule has 0 saturated carbocycles. The fourth-order valence-corrected chi connectivity index (χ4v) is 4.10. The van der Waals surface area contributed by atoms with Crippen molar-refractivity contribution in [2.45, 2.75) is 13.5 Å². The van der Waals surface area contributed by atoms with E-state index in [1.54, 1.807) is 32.4 Å². The number of carbonyl (C=O) groups is 2. The number of hydrogen-bond acceptors (Lipinski definition) is 6. The number of rotatable bonds is 8. The Hall–Kier alpha value is -2.93. The van der Waals surface area contributed by atoms with Crippen molar-refractivity contribution in [3.8, 4) is 17.2 Å². The van der Waals surface area contributed by atoms with E-state index in [9.17, 15) is 9.59 Å². The summed E-state index contributed by atoms with van der Waals surface area (Å²) in [6.07, 6.45) is 0. The molecule has 1 aliphatic rings. The van der Waals surface area contributed by atoms with Gasteiger partial charge in [0.25, 0.3) is 11.8 Å². The van der Waals surface area contributed by atoms with Gasteiger partial charge < -0.3 is 14.2 Å². The molecular weight excluding hydrogens is 390 g/mol. The molecule has 2 aromatic carbocycles. The molecule has 0 unspecified atom stereocenters. The van der Waals surface area contributed by atoms with Crippen LogP contribution in [-0.2, 0) is 16.1 Å². The number of benzene rings is 2. The van der Waals surface area contributed by atoms with E-state index in [0.29, 0.717) is 39.0 Å². The first-order valence-electron chi connectivity index (χ1n) is 9.13. The van der Waals surface area contributed by atoms with E-state index in [1.165, 1.54) is 23.8 Å². The van der Waals surface area contributed by atoms with Crippen LogP contribution in [0.5, 0.6) is 17.2 Å². The minimum atomic E-state index is -0.330. The standard InChI is InChI=1S/C22H23NO5S/c1-5-29-20-19(14-10-11-17(27-3)18(12-14)28-4)21(24)23(22(20)25)13-15-8-6-7-9-16(15)26-2/h6-12H,5,13H2,1-4H3. The molecule has 0 aromatic heterocycles. The monoisotopic (exact) mass is 413 g/mol. The Morgan fingerprint density at radius 3 is 2.21 bits per heavy atom. The summed E-state index contributed by atoms with van der Waals surface area (Å²) in [5, 5.41) is 0. The maximum Gasteiger partial charge on any atom is 0.268 e. The first-order chi connectivity index (χ1) is 14.0. The van der Waals surface area contributed by atoms with Gasteiger partial charge in [0.05, 0.1) is 38.4 Å². The highest BCUT2D eigenvalue weighted by Gasteiger charge is 2.39. The van der Waals surface area contributed by atoms with Crippen molar-refractivity contribution in [1.29, 1.82) is 0 Å². The maximum absolute atomic E-state index is 13.3. The lowest BCUT2D eigenvalue weighted by Crippen LogP contribution is -2.31. The molecule has 0 bridgehead atoms. The average Bonchev–Trinajstić information content (AvgIpc) is 2.98. The molecule has 0 aliphatic carbocycles.